The van der Waals surface area contributed by atoms with Crippen molar-refractivity contribution in [3.05, 3.63) is 0 Å². The van der Waals surface area contributed by atoms with Crippen molar-refractivity contribution in [2.24, 2.45) is 0 Å². The van der Waals surface area contributed by atoms with Crippen LogP contribution in [0, 0.1) is 0 Å². The molecular formula is C12H25NS2. The Bertz CT molecular complexity index is 155. The quantitative estimate of drug-likeness (QED) is 0.773. The third-order valence-electron chi connectivity index (χ3n) is 3.59. The van der Waals surface area contributed by atoms with E-state index in [-0.39, 0.29) is 0 Å². The second kappa shape index (κ2) is 7.08. The van der Waals surface area contributed by atoms with Crippen LogP contribution < -0.4 is 5.32 Å². The van der Waals surface area contributed by atoms with Gasteiger partial charge in [0.15, 0.2) is 0 Å². The van der Waals surface area contributed by atoms with Crippen molar-refractivity contribution < 1.29 is 0 Å². The Morgan fingerprint density at radius 1 is 1.40 bits per heavy atom. The maximum absolute atomic E-state index is 3.77. The molecule has 1 saturated heterocycles. The van der Waals surface area contributed by atoms with Crippen molar-refractivity contribution in [2.75, 3.05) is 24.3 Å². The molecule has 0 bridgehead atoms. The van der Waals surface area contributed by atoms with Gasteiger partial charge in [-0.3, -0.25) is 0 Å². The number of hydrogen-bond donors (Lipinski definition) is 1. The predicted molar refractivity (Wildman–Crippen MR) is 75.2 cm³/mol. The smallest absolute Gasteiger partial charge is 0.0276 e. The van der Waals surface area contributed by atoms with Gasteiger partial charge in [-0.1, -0.05) is 13.8 Å². The van der Waals surface area contributed by atoms with E-state index in [1.54, 1.807) is 0 Å². The number of rotatable bonds is 6. The highest BCUT2D eigenvalue weighted by Crippen LogP contribution is 2.30. The van der Waals surface area contributed by atoms with Crippen LogP contribution >= 0.6 is 23.5 Å². The Balaban J connectivity index is 2.31. The molecule has 0 aromatic rings. The van der Waals surface area contributed by atoms with Crippen LogP contribution in [0.5, 0.6) is 0 Å². The predicted octanol–water partition coefficient (Wildman–Crippen LogP) is 3.39. The maximum atomic E-state index is 3.77. The summed E-state index contributed by atoms with van der Waals surface area (Å²) in [5, 5.41) is 3.77. The van der Waals surface area contributed by atoms with E-state index in [9.17, 15) is 0 Å². The molecule has 15 heavy (non-hydrogen) atoms. The Morgan fingerprint density at radius 3 is 2.60 bits per heavy atom. The molecule has 1 nitrogen and oxygen atoms in total. The first-order valence-corrected chi connectivity index (χ1v) is 8.50. The number of hydrogen-bond acceptors (Lipinski definition) is 3. The molecule has 1 fully saturated rings. The van der Waals surface area contributed by atoms with Crippen LogP contribution in [0.4, 0.5) is 0 Å². The molecule has 90 valence electrons. The third-order valence-corrected chi connectivity index (χ3v) is 6.40. The molecule has 0 amide bonds. The van der Waals surface area contributed by atoms with Gasteiger partial charge >= 0.3 is 0 Å². The second-order valence-corrected chi connectivity index (χ2v) is 6.81. The van der Waals surface area contributed by atoms with Gasteiger partial charge in [-0.05, 0) is 37.7 Å². The zero-order valence-corrected chi connectivity index (χ0v) is 12.0. The van der Waals surface area contributed by atoms with Gasteiger partial charge in [-0.15, -0.1) is 0 Å². The Kier molecular flexibility index (Phi) is 6.48. The van der Waals surface area contributed by atoms with Gasteiger partial charge in [-0.25, -0.2) is 0 Å². The normalized spacial score (nSPS) is 23.0. The highest BCUT2D eigenvalue weighted by atomic mass is 32.2. The standard InChI is InChI=1S/C12H25NS2/c1-4-12(5-2,14-3)10-13-11-7-6-8-15-9-11/h11,13H,4-10H2,1-3H3. The van der Waals surface area contributed by atoms with E-state index in [0.29, 0.717) is 4.75 Å². The van der Waals surface area contributed by atoms with Crippen LogP contribution in [0.2, 0.25) is 0 Å². The summed E-state index contributed by atoms with van der Waals surface area (Å²) in [5.41, 5.74) is 0. The van der Waals surface area contributed by atoms with Crippen LogP contribution in [0.15, 0.2) is 0 Å². The summed E-state index contributed by atoms with van der Waals surface area (Å²) in [7, 11) is 0. The third kappa shape index (κ3) is 4.20. The van der Waals surface area contributed by atoms with E-state index in [1.807, 2.05) is 11.8 Å². The number of nitrogens with one attached hydrogen (secondary N) is 1. The Hall–Kier alpha value is 0.660. The summed E-state index contributed by atoms with van der Waals surface area (Å²) < 4.78 is 0.474. The van der Waals surface area contributed by atoms with Gasteiger partial charge in [0.05, 0.1) is 0 Å². The minimum Gasteiger partial charge on any atom is -0.312 e. The fraction of sp³-hybridized carbons (Fsp3) is 1.00. The van der Waals surface area contributed by atoms with Gasteiger partial charge < -0.3 is 5.32 Å². The molecule has 1 unspecified atom stereocenters. The molecule has 1 atom stereocenters. The van der Waals surface area contributed by atoms with Crippen molar-refractivity contribution in [3.63, 3.8) is 0 Å². The maximum Gasteiger partial charge on any atom is 0.0276 e. The lowest BCUT2D eigenvalue weighted by Gasteiger charge is -2.33. The zero-order chi connectivity index (χ0) is 11.1. The molecule has 1 aliphatic heterocycles. The van der Waals surface area contributed by atoms with E-state index in [1.165, 1.54) is 43.7 Å². The van der Waals surface area contributed by atoms with E-state index >= 15 is 0 Å². The Labute approximate surface area is 104 Å². The summed E-state index contributed by atoms with van der Waals surface area (Å²) >= 11 is 4.14. The molecule has 0 aromatic carbocycles. The van der Waals surface area contributed by atoms with Crippen molar-refractivity contribution in [3.8, 4) is 0 Å². The average Bonchev–Trinajstić information content (AvgIpc) is 2.33. The Morgan fingerprint density at radius 2 is 2.13 bits per heavy atom. The molecule has 1 N–H and O–H groups in total. The summed E-state index contributed by atoms with van der Waals surface area (Å²) in [6.45, 7) is 5.82. The highest BCUT2D eigenvalue weighted by Gasteiger charge is 2.26. The number of thioether (sulfide) groups is 2. The molecule has 0 saturated carbocycles. The lowest BCUT2D eigenvalue weighted by atomic mass is 10.0. The first-order valence-electron chi connectivity index (χ1n) is 6.12. The molecule has 0 aromatic heterocycles. The van der Waals surface area contributed by atoms with Gasteiger partial charge in [0.25, 0.3) is 0 Å². The summed E-state index contributed by atoms with van der Waals surface area (Å²) in [5.74, 6) is 2.69. The summed E-state index contributed by atoms with van der Waals surface area (Å²) in [6.07, 6.45) is 7.58. The fourth-order valence-corrected chi connectivity index (χ4v) is 4.00. The molecule has 0 radical (unpaired) electrons. The minimum atomic E-state index is 0.474. The van der Waals surface area contributed by atoms with Crippen molar-refractivity contribution in [1.29, 1.82) is 0 Å². The van der Waals surface area contributed by atoms with E-state index < -0.39 is 0 Å². The largest absolute Gasteiger partial charge is 0.312 e. The van der Waals surface area contributed by atoms with E-state index in [2.05, 4.69) is 37.2 Å². The van der Waals surface area contributed by atoms with Crippen molar-refractivity contribution in [2.45, 2.75) is 50.3 Å². The monoisotopic (exact) mass is 247 g/mol. The van der Waals surface area contributed by atoms with Crippen LogP contribution in [0.1, 0.15) is 39.5 Å². The summed E-state index contributed by atoms with van der Waals surface area (Å²) in [6, 6.07) is 0.772. The fourth-order valence-electron chi connectivity index (χ4n) is 2.09. The van der Waals surface area contributed by atoms with Gasteiger partial charge in [-0.2, -0.15) is 23.5 Å². The second-order valence-electron chi connectivity index (χ2n) is 4.39. The summed E-state index contributed by atoms with van der Waals surface area (Å²) in [4.78, 5) is 0. The van der Waals surface area contributed by atoms with Gasteiger partial charge in [0.2, 0.25) is 0 Å². The van der Waals surface area contributed by atoms with Gasteiger partial charge in [0, 0.05) is 23.1 Å². The van der Waals surface area contributed by atoms with Crippen LogP contribution in [-0.4, -0.2) is 35.1 Å². The van der Waals surface area contributed by atoms with E-state index in [4.69, 9.17) is 0 Å². The average molecular weight is 247 g/mol. The minimum absolute atomic E-state index is 0.474. The SMILES string of the molecule is CCC(CC)(CNC1CCCSC1)SC. The first kappa shape index (κ1) is 13.7. The first-order chi connectivity index (χ1) is 7.26. The molecule has 1 aliphatic rings. The topological polar surface area (TPSA) is 12.0 Å². The molecule has 0 aliphatic carbocycles. The van der Waals surface area contributed by atoms with Crippen LogP contribution in [0.25, 0.3) is 0 Å². The zero-order valence-electron chi connectivity index (χ0n) is 10.3. The lowest BCUT2D eigenvalue weighted by Crippen LogP contribution is -2.43. The van der Waals surface area contributed by atoms with Crippen molar-refractivity contribution >= 4 is 23.5 Å². The van der Waals surface area contributed by atoms with Crippen LogP contribution in [-0.2, 0) is 0 Å². The molecule has 1 heterocycles. The van der Waals surface area contributed by atoms with Crippen molar-refractivity contribution in [1.82, 2.24) is 5.32 Å². The van der Waals surface area contributed by atoms with Gasteiger partial charge in [0.1, 0.15) is 0 Å². The lowest BCUT2D eigenvalue weighted by molar-refractivity contribution is 0.436. The molecule has 3 heteroatoms. The molecule has 0 spiro atoms. The van der Waals surface area contributed by atoms with Crippen LogP contribution in [0.3, 0.4) is 0 Å². The molecule has 1 rings (SSSR count). The molecular weight excluding hydrogens is 222 g/mol. The van der Waals surface area contributed by atoms with E-state index in [0.717, 1.165) is 6.04 Å². The highest BCUT2D eigenvalue weighted by molar-refractivity contribution is 8.00.